The van der Waals surface area contributed by atoms with E-state index in [4.69, 9.17) is 9.47 Å². The number of ether oxygens (including phenoxy) is 2. The number of hydrogen-bond donors (Lipinski definition) is 1. The van der Waals surface area contributed by atoms with E-state index in [9.17, 15) is 9.59 Å². The Bertz CT molecular complexity index is 498. The molecule has 1 atom stereocenters. The number of amides is 1. The molecular formula is C14H17NO4. The lowest BCUT2D eigenvalue weighted by Gasteiger charge is -2.23. The Hall–Kier alpha value is -2.04. The summed E-state index contributed by atoms with van der Waals surface area (Å²) >= 11 is 0. The first-order valence-electron chi connectivity index (χ1n) is 6.22. The summed E-state index contributed by atoms with van der Waals surface area (Å²) < 4.78 is 10.4. The highest BCUT2D eigenvalue weighted by Crippen LogP contribution is 2.32. The Morgan fingerprint density at radius 3 is 2.74 bits per heavy atom. The third-order valence-corrected chi connectivity index (χ3v) is 3.22. The number of piperidine rings is 1. The highest BCUT2D eigenvalue weighted by molar-refractivity contribution is 6.04. The maximum Gasteiger partial charge on any atom is 0.220 e. The van der Waals surface area contributed by atoms with Crippen molar-refractivity contribution in [1.29, 1.82) is 0 Å². The Kier molecular flexibility index (Phi) is 4.04. The maximum atomic E-state index is 12.4. The molecule has 1 aromatic carbocycles. The van der Waals surface area contributed by atoms with Crippen LogP contribution in [0.15, 0.2) is 18.2 Å². The van der Waals surface area contributed by atoms with Crippen LogP contribution in [-0.4, -0.2) is 32.0 Å². The van der Waals surface area contributed by atoms with Crippen LogP contribution in [0, 0.1) is 0 Å². The van der Waals surface area contributed by atoms with E-state index >= 15 is 0 Å². The Morgan fingerprint density at radius 2 is 2.11 bits per heavy atom. The molecule has 2 rings (SSSR count). The van der Waals surface area contributed by atoms with Crippen LogP contribution in [-0.2, 0) is 4.79 Å². The first kappa shape index (κ1) is 13.4. The minimum Gasteiger partial charge on any atom is -0.493 e. The van der Waals surface area contributed by atoms with Gasteiger partial charge in [0.15, 0.2) is 17.3 Å². The highest BCUT2D eigenvalue weighted by atomic mass is 16.5. The lowest BCUT2D eigenvalue weighted by Crippen LogP contribution is -2.44. The van der Waals surface area contributed by atoms with E-state index in [0.717, 1.165) is 6.42 Å². The van der Waals surface area contributed by atoms with Gasteiger partial charge < -0.3 is 14.8 Å². The van der Waals surface area contributed by atoms with Gasteiger partial charge >= 0.3 is 0 Å². The molecule has 0 saturated carbocycles. The predicted molar refractivity (Wildman–Crippen MR) is 69.7 cm³/mol. The van der Waals surface area contributed by atoms with Crippen LogP contribution < -0.4 is 14.8 Å². The lowest BCUT2D eigenvalue weighted by molar-refractivity contribution is -0.122. The standard InChI is InChI=1S/C14H17NO4/c1-18-11-7-3-5-9(14(11)19-2)13(17)10-6-4-8-12(16)15-10/h3,5,7,10H,4,6,8H2,1-2H3,(H,15,16). The second kappa shape index (κ2) is 5.73. The lowest BCUT2D eigenvalue weighted by atomic mass is 9.95. The number of nitrogens with one attached hydrogen (secondary N) is 1. The normalized spacial score (nSPS) is 18.6. The summed E-state index contributed by atoms with van der Waals surface area (Å²) in [6, 6.07) is 4.68. The summed E-state index contributed by atoms with van der Waals surface area (Å²) in [5.41, 5.74) is 0.439. The molecule has 5 nitrogen and oxygen atoms in total. The Balaban J connectivity index is 2.30. The van der Waals surface area contributed by atoms with Gasteiger partial charge in [-0.3, -0.25) is 9.59 Å². The van der Waals surface area contributed by atoms with Crippen molar-refractivity contribution in [2.75, 3.05) is 14.2 Å². The van der Waals surface area contributed by atoms with Gasteiger partial charge in [0.25, 0.3) is 0 Å². The first-order valence-corrected chi connectivity index (χ1v) is 6.22. The van der Waals surface area contributed by atoms with Gasteiger partial charge in [0.1, 0.15) is 0 Å². The summed E-state index contributed by atoms with van der Waals surface area (Å²) in [4.78, 5) is 23.8. The molecule has 1 saturated heterocycles. The zero-order valence-corrected chi connectivity index (χ0v) is 11.1. The van der Waals surface area contributed by atoms with E-state index in [1.165, 1.54) is 14.2 Å². The molecule has 1 unspecified atom stereocenters. The minimum absolute atomic E-state index is 0.0773. The molecule has 0 radical (unpaired) electrons. The van der Waals surface area contributed by atoms with E-state index < -0.39 is 6.04 Å². The van der Waals surface area contributed by atoms with Crippen LogP contribution in [0.1, 0.15) is 29.6 Å². The maximum absolute atomic E-state index is 12.4. The zero-order chi connectivity index (χ0) is 13.8. The van der Waals surface area contributed by atoms with Crippen LogP contribution in [0.3, 0.4) is 0 Å². The molecule has 1 aliphatic rings. The van der Waals surface area contributed by atoms with Gasteiger partial charge in [-0.05, 0) is 25.0 Å². The molecule has 0 aromatic heterocycles. The zero-order valence-electron chi connectivity index (χ0n) is 11.1. The molecule has 0 aliphatic carbocycles. The van der Waals surface area contributed by atoms with Crippen molar-refractivity contribution in [3.8, 4) is 11.5 Å². The predicted octanol–water partition coefficient (Wildman–Crippen LogP) is 1.56. The molecule has 102 valence electrons. The minimum atomic E-state index is -0.470. The summed E-state index contributed by atoms with van der Waals surface area (Å²) in [5, 5.41) is 2.72. The van der Waals surface area contributed by atoms with Crippen LogP contribution in [0.5, 0.6) is 11.5 Å². The van der Waals surface area contributed by atoms with Crippen LogP contribution in [0.4, 0.5) is 0 Å². The summed E-state index contributed by atoms with van der Waals surface area (Å²) in [7, 11) is 3.02. The Labute approximate surface area is 111 Å². The second-order valence-corrected chi connectivity index (χ2v) is 4.42. The largest absolute Gasteiger partial charge is 0.493 e. The molecule has 1 fully saturated rings. The van der Waals surface area contributed by atoms with Gasteiger partial charge in [-0.1, -0.05) is 6.07 Å². The van der Waals surface area contributed by atoms with Crippen molar-refractivity contribution in [3.63, 3.8) is 0 Å². The van der Waals surface area contributed by atoms with Gasteiger partial charge in [-0.15, -0.1) is 0 Å². The third kappa shape index (κ3) is 2.70. The molecule has 0 spiro atoms. The smallest absolute Gasteiger partial charge is 0.220 e. The van der Waals surface area contributed by atoms with Crippen LogP contribution in [0.2, 0.25) is 0 Å². The number of carbonyl (C=O) groups excluding carboxylic acids is 2. The van der Waals surface area contributed by atoms with Gasteiger partial charge in [-0.2, -0.15) is 0 Å². The molecule has 1 aromatic rings. The van der Waals surface area contributed by atoms with E-state index in [1.807, 2.05) is 0 Å². The fourth-order valence-corrected chi connectivity index (χ4v) is 2.27. The van der Waals surface area contributed by atoms with Gasteiger partial charge in [-0.25, -0.2) is 0 Å². The number of para-hydroxylation sites is 1. The summed E-state index contributed by atoms with van der Waals surface area (Å²) in [6.07, 6.45) is 1.87. The number of carbonyl (C=O) groups is 2. The summed E-state index contributed by atoms with van der Waals surface area (Å²) in [5.74, 6) is 0.709. The topological polar surface area (TPSA) is 64.6 Å². The number of rotatable bonds is 4. The molecule has 5 heteroatoms. The first-order chi connectivity index (χ1) is 9.17. The fourth-order valence-electron chi connectivity index (χ4n) is 2.27. The van der Waals surface area contributed by atoms with Crippen molar-refractivity contribution in [2.24, 2.45) is 0 Å². The van der Waals surface area contributed by atoms with Crippen LogP contribution >= 0.6 is 0 Å². The van der Waals surface area contributed by atoms with Gasteiger partial charge in [0.05, 0.1) is 25.8 Å². The average molecular weight is 263 g/mol. The SMILES string of the molecule is COc1cccc(C(=O)C2CCCC(=O)N2)c1OC. The molecule has 1 aliphatic heterocycles. The monoisotopic (exact) mass is 263 g/mol. The van der Waals surface area contributed by atoms with E-state index in [-0.39, 0.29) is 11.7 Å². The van der Waals surface area contributed by atoms with Crippen molar-refractivity contribution < 1.29 is 19.1 Å². The number of hydrogen-bond acceptors (Lipinski definition) is 4. The molecule has 19 heavy (non-hydrogen) atoms. The van der Waals surface area contributed by atoms with E-state index in [2.05, 4.69) is 5.32 Å². The molecule has 1 N–H and O–H groups in total. The van der Waals surface area contributed by atoms with Crippen molar-refractivity contribution in [1.82, 2.24) is 5.32 Å². The average Bonchev–Trinajstić information content (AvgIpc) is 2.45. The number of Topliss-reactive ketones (excluding diaryl/α,β-unsaturated/α-hetero) is 1. The van der Waals surface area contributed by atoms with Gasteiger partial charge in [0, 0.05) is 6.42 Å². The van der Waals surface area contributed by atoms with Crippen molar-refractivity contribution in [2.45, 2.75) is 25.3 Å². The molecule has 1 heterocycles. The number of ketones is 1. The quantitative estimate of drug-likeness (QED) is 0.837. The molecule has 0 bridgehead atoms. The third-order valence-electron chi connectivity index (χ3n) is 3.22. The van der Waals surface area contributed by atoms with Gasteiger partial charge in [0.2, 0.25) is 5.91 Å². The molecule has 1 amide bonds. The van der Waals surface area contributed by atoms with Crippen LogP contribution in [0.25, 0.3) is 0 Å². The fraction of sp³-hybridized carbons (Fsp3) is 0.429. The van der Waals surface area contributed by atoms with E-state index in [0.29, 0.717) is 29.9 Å². The number of methoxy groups -OCH3 is 2. The summed E-state index contributed by atoms with van der Waals surface area (Å²) in [6.45, 7) is 0. The van der Waals surface area contributed by atoms with Crippen molar-refractivity contribution in [3.05, 3.63) is 23.8 Å². The number of benzene rings is 1. The highest BCUT2D eigenvalue weighted by Gasteiger charge is 2.28. The van der Waals surface area contributed by atoms with Crippen molar-refractivity contribution >= 4 is 11.7 Å². The Morgan fingerprint density at radius 1 is 1.32 bits per heavy atom. The second-order valence-electron chi connectivity index (χ2n) is 4.42. The molecular weight excluding hydrogens is 246 g/mol. The van der Waals surface area contributed by atoms with E-state index in [1.54, 1.807) is 18.2 Å².